The second kappa shape index (κ2) is 6.10. The van der Waals surface area contributed by atoms with Crippen LogP contribution in [0.1, 0.15) is 27.7 Å². The van der Waals surface area contributed by atoms with Crippen LogP contribution >= 0.6 is 0 Å². The number of fused-ring (bicyclic) bond motifs is 1. The lowest BCUT2D eigenvalue weighted by atomic mass is 10.1. The van der Waals surface area contributed by atoms with Gasteiger partial charge in [0.1, 0.15) is 5.82 Å². The van der Waals surface area contributed by atoms with Gasteiger partial charge < -0.3 is 10.4 Å². The highest BCUT2D eigenvalue weighted by Gasteiger charge is 2.32. The molecule has 0 fully saturated rings. The molecule has 3 aromatic rings. The van der Waals surface area contributed by atoms with Crippen molar-refractivity contribution >= 4 is 5.91 Å². The summed E-state index contributed by atoms with van der Waals surface area (Å²) in [7, 11) is 0. The summed E-state index contributed by atoms with van der Waals surface area (Å²) < 4.78 is 13.0. The number of hydrogen-bond acceptors (Lipinski definition) is 4. The molecule has 2 unspecified atom stereocenters. The summed E-state index contributed by atoms with van der Waals surface area (Å²) in [6, 6.07) is 12.8. The summed E-state index contributed by atoms with van der Waals surface area (Å²) in [5.74, 6) is -0.781. The SMILES string of the molecule is O=C(NC1c2ccccc2CC1O)c1cnn(-c2ccc(F)cc2)n1. The lowest BCUT2D eigenvalue weighted by Crippen LogP contribution is -2.34. The van der Waals surface area contributed by atoms with E-state index in [-0.39, 0.29) is 11.5 Å². The van der Waals surface area contributed by atoms with E-state index in [9.17, 15) is 14.3 Å². The average Bonchev–Trinajstić information content (AvgIpc) is 3.21. The summed E-state index contributed by atoms with van der Waals surface area (Å²) in [6.45, 7) is 0. The third-order valence-corrected chi connectivity index (χ3v) is 4.27. The minimum Gasteiger partial charge on any atom is -0.390 e. The Labute approximate surface area is 142 Å². The van der Waals surface area contributed by atoms with Crippen molar-refractivity contribution in [3.05, 3.63) is 77.4 Å². The maximum Gasteiger partial charge on any atom is 0.274 e. The molecule has 1 heterocycles. The molecule has 1 aliphatic carbocycles. The van der Waals surface area contributed by atoms with Crippen LogP contribution in [0.25, 0.3) is 5.69 Å². The predicted octanol–water partition coefficient (Wildman–Crippen LogP) is 1.79. The second-order valence-corrected chi connectivity index (χ2v) is 5.92. The van der Waals surface area contributed by atoms with E-state index in [1.165, 1.54) is 35.3 Å². The maximum absolute atomic E-state index is 13.0. The molecule has 2 aromatic carbocycles. The van der Waals surface area contributed by atoms with Crippen LogP contribution in [0, 0.1) is 5.82 Å². The molecule has 0 saturated heterocycles. The summed E-state index contributed by atoms with van der Waals surface area (Å²) in [5.41, 5.74) is 2.61. The zero-order chi connectivity index (χ0) is 17.4. The molecule has 0 saturated carbocycles. The van der Waals surface area contributed by atoms with Crippen molar-refractivity contribution in [1.29, 1.82) is 0 Å². The number of amides is 1. The van der Waals surface area contributed by atoms with Crippen LogP contribution in [0.5, 0.6) is 0 Å². The van der Waals surface area contributed by atoms with Gasteiger partial charge in [-0.1, -0.05) is 24.3 Å². The molecule has 6 nitrogen and oxygen atoms in total. The Balaban J connectivity index is 1.53. The smallest absolute Gasteiger partial charge is 0.274 e. The van der Waals surface area contributed by atoms with Crippen molar-refractivity contribution in [2.45, 2.75) is 18.6 Å². The molecular formula is C18H15FN4O2. The minimum atomic E-state index is -0.673. The molecule has 7 heteroatoms. The molecule has 0 aliphatic heterocycles. The average molecular weight is 338 g/mol. The van der Waals surface area contributed by atoms with Crippen LogP contribution in [0.2, 0.25) is 0 Å². The second-order valence-electron chi connectivity index (χ2n) is 5.92. The summed E-state index contributed by atoms with van der Waals surface area (Å²) >= 11 is 0. The standard InChI is InChI=1S/C18H15FN4O2/c19-12-5-7-13(8-6-12)23-20-10-15(22-23)18(25)21-17-14-4-2-1-3-11(14)9-16(17)24/h1-8,10,16-17,24H,9H2,(H,21,25). The highest BCUT2D eigenvalue weighted by Crippen LogP contribution is 2.31. The van der Waals surface area contributed by atoms with Crippen LogP contribution in [0.4, 0.5) is 4.39 Å². The number of hydrogen-bond donors (Lipinski definition) is 2. The Morgan fingerprint density at radius 2 is 1.96 bits per heavy atom. The van der Waals surface area contributed by atoms with Gasteiger partial charge in [-0.05, 0) is 35.4 Å². The lowest BCUT2D eigenvalue weighted by Gasteiger charge is -2.17. The van der Waals surface area contributed by atoms with E-state index in [4.69, 9.17) is 0 Å². The Hall–Kier alpha value is -3.06. The molecule has 1 aliphatic rings. The zero-order valence-electron chi connectivity index (χ0n) is 13.1. The first-order valence-electron chi connectivity index (χ1n) is 7.87. The first-order chi connectivity index (χ1) is 12.1. The van der Waals surface area contributed by atoms with E-state index in [0.29, 0.717) is 12.1 Å². The van der Waals surface area contributed by atoms with E-state index in [1.807, 2.05) is 24.3 Å². The first kappa shape index (κ1) is 15.5. The van der Waals surface area contributed by atoms with Crippen LogP contribution in [-0.4, -0.2) is 32.1 Å². The fourth-order valence-electron chi connectivity index (χ4n) is 3.03. The maximum atomic E-state index is 13.0. The van der Waals surface area contributed by atoms with Crippen LogP contribution in [-0.2, 0) is 6.42 Å². The zero-order valence-corrected chi connectivity index (χ0v) is 13.1. The Bertz CT molecular complexity index is 923. The van der Waals surface area contributed by atoms with Crippen molar-refractivity contribution in [2.24, 2.45) is 0 Å². The van der Waals surface area contributed by atoms with Gasteiger partial charge in [0.15, 0.2) is 5.69 Å². The van der Waals surface area contributed by atoms with Crippen LogP contribution in [0.15, 0.2) is 54.7 Å². The number of carbonyl (C=O) groups is 1. The fourth-order valence-corrected chi connectivity index (χ4v) is 3.03. The lowest BCUT2D eigenvalue weighted by molar-refractivity contribution is 0.0853. The molecular weight excluding hydrogens is 323 g/mol. The number of aliphatic hydroxyl groups excluding tert-OH is 1. The molecule has 0 bridgehead atoms. The third kappa shape index (κ3) is 2.89. The molecule has 1 aromatic heterocycles. The number of benzene rings is 2. The van der Waals surface area contributed by atoms with Crippen molar-refractivity contribution in [3.8, 4) is 5.69 Å². The Kier molecular flexibility index (Phi) is 3.77. The van der Waals surface area contributed by atoms with Crippen molar-refractivity contribution in [3.63, 3.8) is 0 Å². The molecule has 4 rings (SSSR count). The van der Waals surface area contributed by atoms with E-state index in [2.05, 4.69) is 15.5 Å². The minimum absolute atomic E-state index is 0.126. The molecule has 25 heavy (non-hydrogen) atoms. The number of nitrogens with zero attached hydrogens (tertiary/aromatic N) is 3. The van der Waals surface area contributed by atoms with Gasteiger partial charge in [-0.3, -0.25) is 4.79 Å². The first-order valence-corrected chi connectivity index (χ1v) is 7.87. The molecule has 0 radical (unpaired) electrons. The molecule has 126 valence electrons. The van der Waals surface area contributed by atoms with E-state index in [1.54, 1.807) is 0 Å². The molecule has 1 amide bonds. The number of aliphatic hydroxyl groups is 1. The quantitative estimate of drug-likeness (QED) is 0.763. The Morgan fingerprint density at radius 3 is 2.76 bits per heavy atom. The van der Waals surface area contributed by atoms with Gasteiger partial charge in [0.05, 0.1) is 24.0 Å². The van der Waals surface area contributed by atoms with Gasteiger partial charge in [-0.2, -0.15) is 9.90 Å². The largest absolute Gasteiger partial charge is 0.390 e. The monoisotopic (exact) mass is 338 g/mol. The summed E-state index contributed by atoms with van der Waals surface area (Å²) in [5, 5.41) is 21.2. The molecule has 2 atom stereocenters. The highest BCUT2D eigenvalue weighted by molar-refractivity contribution is 5.92. The number of nitrogens with one attached hydrogen (secondary N) is 1. The number of carbonyl (C=O) groups excluding carboxylic acids is 1. The van der Waals surface area contributed by atoms with Crippen molar-refractivity contribution in [2.75, 3.05) is 0 Å². The van der Waals surface area contributed by atoms with Crippen molar-refractivity contribution in [1.82, 2.24) is 20.3 Å². The van der Waals surface area contributed by atoms with Gasteiger partial charge in [-0.15, -0.1) is 5.10 Å². The van der Waals surface area contributed by atoms with E-state index < -0.39 is 18.1 Å². The van der Waals surface area contributed by atoms with Crippen molar-refractivity contribution < 1.29 is 14.3 Å². The summed E-state index contributed by atoms with van der Waals surface area (Å²) in [4.78, 5) is 13.7. The third-order valence-electron chi connectivity index (χ3n) is 4.27. The van der Waals surface area contributed by atoms with Gasteiger partial charge in [0.2, 0.25) is 0 Å². The van der Waals surface area contributed by atoms with Gasteiger partial charge in [0.25, 0.3) is 5.91 Å². The van der Waals surface area contributed by atoms with E-state index >= 15 is 0 Å². The van der Waals surface area contributed by atoms with Crippen LogP contribution < -0.4 is 5.32 Å². The summed E-state index contributed by atoms with van der Waals surface area (Å²) in [6.07, 6.45) is 1.17. The van der Waals surface area contributed by atoms with Gasteiger partial charge in [-0.25, -0.2) is 4.39 Å². The topological polar surface area (TPSA) is 80.0 Å². The van der Waals surface area contributed by atoms with Crippen LogP contribution in [0.3, 0.4) is 0 Å². The Morgan fingerprint density at radius 1 is 1.20 bits per heavy atom. The normalized spacial score (nSPS) is 18.8. The van der Waals surface area contributed by atoms with Gasteiger partial charge in [0, 0.05) is 6.42 Å². The fraction of sp³-hybridized carbons (Fsp3) is 0.167. The van der Waals surface area contributed by atoms with E-state index in [0.717, 1.165) is 11.1 Å². The molecule has 2 N–H and O–H groups in total. The number of halogens is 1. The number of rotatable bonds is 3. The molecule has 0 spiro atoms. The van der Waals surface area contributed by atoms with Gasteiger partial charge >= 0.3 is 0 Å². The predicted molar refractivity (Wildman–Crippen MR) is 87.7 cm³/mol. The highest BCUT2D eigenvalue weighted by atomic mass is 19.1. The number of aromatic nitrogens is 3.